The Morgan fingerprint density at radius 2 is 1.84 bits per heavy atom. The molecule has 1 unspecified atom stereocenters. The molecule has 6 heteroatoms. The summed E-state index contributed by atoms with van der Waals surface area (Å²) in [7, 11) is 0. The zero-order valence-electron chi connectivity index (χ0n) is 10.5. The summed E-state index contributed by atoms with van der Waals surface area (Å²) in [5, 5.41) is 14.4. The molecular weight excluding hydrogens is 246 g/mol. The van der Waals surface area contributed by atoms with Gasteiger partial charge in [0.25, 0.3) is 0 Å². The first-order valence-electron chi connectivity index (χ1n) is 6.22. The third kappa shape index (κ3) is 3.45. The molecule has 0 aromatic heterocycles. The van der Waals surface area contributed by atoms with E-state index in [2.05, 4.69) is 10.6 Å². The van der Waals surface area contributed by atoms with Crippen molar-refractivity contribution in [1.29, 1.82) is 0 Å². The van der Waals surface area contributed by atoms with Gasteiger partial charge < -0.3 is 20.6 Å². The molecule has 0 spiro atoms. The first kappa shape index (κ1) is 13.4. The van der Waals surface area contributed by atoms with Gasteiger partial charge in [-0.3, -0.25) is 4.79 Å². The van der Waals surface area contributed by atoms with Crippen LogP contribution < -0.4 is 10.6 Å². The minimum absolute atomic E-state index is 0.199. The molecule has 1 atom stereocenters. The van der Waals surface area contributed by atoms with E-state index in [9.17, 15) is 9.59 Å². The molecule has 2 rings (SSSR count). The van der Waals surface area contributed by atoms with Crippen LogP contribution in [0.1, 0.15) is 11.6 Å². The Bertz CT molecular complexity index is 444. The maximum Gasteiger partial charge on any atom is 0.405 e. The summed E-state index contributed by atoms with van der Waals surface area (Å²) in [5.41, 5.74) is 0.661. The Morgan fingerprint density at radius 1 is 1.21 bits per heavy atom. The molecule has 1 saturated heterocycles. The largest absolute Gasteiger partial charge is 0.465 e. The van der Waals surface area contributed by atoms with Gasteiger partial charge in [-0.15, -0.1) is 0 Å². The van der Waals surface area contributed by atoms with Crippen molar-refractivity contribution >= 4 is 12.0 Å². The first-order valence-corrected chi connectivity index (χ1v) is 6.22. The normalized spacial score (nSPS) is 16.7. The number of benzene rings is 1. The van der Waals surface area contributed by atoms with Crippen molar-refractivity contribution < 1.29 is 14.7 Å². The standard InChI is InChI=1S/C13H17N3O3/c17-12(16-8-6-14-7-9-16)11(15-13(18)19)10-4-2-1-3-5-10/h1-5,11,14-15H,6-9H2,(H,18,19). The molecular formula is C13H17N3O3. The highest BCUT2D eigenvalue weighted by Gasteiger charge is 2.27. The van der Waals surface area contributed by atoms with Crippen LogP contribution in [0.5, 0.6) is 0 Å². The van der Waals surface area contributed by atoms with Crippen molar-refractivity contribution in [1.82, 2.24) is 15.5 Å². The van der Waals surface area contributed by atoms with Crippen molar-refractivity contribution in [2.75, 3.05) is 26.2 Å². The topological polar surface area (TPSA) is 81.7 Å². The third-order valence-corrected chi connectivity index (χ3v) is 3.08. The van der Waals surface area contributed by atoms with E-state index in [1.807, 2.05) is 6.07 Å². The molecule has 0 saturated carbocycles. The molecule has 102 valence electrons. The van der Waals surface area contributed by atoms with Crippen molar-refractivity contribution in [2.45, 2.75) is 6.04 Å². The van der Waals surface area contributed by atoms with Crippen LogP contribution in [0.25, 0.3) is 0 Å². The van der Waals surface area contributed by atoms with E-state index in [0.717, 1.165) is 13.1 Å². The lowest BCUT2D eigenvalue weighted by Gasteiger charge is -2.30. The Morgan fingerprint density at radius 3 is 2.42 bits per heavy atom. The number of carbonyl (C=O) groups is 2. The molecule has 6 nitrogen and oxygen atoms in total. The molecule has 0 bridgehead atoms. The second kappa shape index (κ2) is 6.19. The van der Waals surface area contributed by atoms with E-state index in [1.54, 1.807) is 29.2 Å². The van der Waals surface area contributed by atoms with Gasteiger partial charge in [0, 0.05) is 26.2 Å². The second-order valence-electron chi connectivity index (χ2n) is 4.37. The van der Waals surface area contributed by atoms with Crippen LogP contribution in [0.15, 0.2) is 30.3 Å². The fourth-order valence-corrected chi connectivity index (χ4v) is 2.12. The summed E-state index contributed by atoms with van der Waals surface area (Å²) in [6.07, 6.45) is -1.20. The van der Waals surface area contributed by atoms with Crippen molar-refractivity contribution in [3.05, 3.63) is 35.9 Å². The van der Waals surface area contributed by atoms with E-state index >= 15 is 0 Å². The molecule has 1 aromatic rings. The van der Waals surface area contributed by atoms with E-state index < -0.39 is 12.1 Å². The predicted molar refractivity (Wildman–Crippen MR) is 69.8 cm³/mol. The molecule has 3 N–H and O–H groups in total. The van der Waals surface area contributed by atoms with E-state index in [4.69, 9.17) is 5.11 Å². The lowest BCUT2D eigenvalue weighted by molar-refractivity contribution is -0.134. The molecule has 1 heterocycles. The van der Waals surface area contributed by atoms with Crippen molar-refractivity contribution in [2.24, 2.45) is 0 Å². The van der Waals surface area contributed by atoms with Gasteiger partial charge in [-0.25, -0.2) is 4.79 Å². The van der Waals surface area contributed by atoms with Crippen LogP contribution in [-0.4, -0.2) is 48.2 Å². The summed E-state index contributed by atoms with van der Waals surface area (Å²) >= 11 is 0. The van der Waals surface area contributed by atoms with Gasteiger partial charge >= 0.3 is 6.09 Å². The first-order chi connectivity index (χ1) is 9.18. The number of rotatable bonds is 3. The van der Waals surface area contributed by atoms with Crippen LogP contribution in [0.2, 0.25) is 0 Å². The summed E-state index contributed by atoms with van der Waals surface area (Å²) in [5.74, 6) is -0.199. The smallest absolute Gasteiger partial charge is 0.405 e. The van der Waals surface area contributed by atoms with Gasteiger partial charge in [-0.05, 0) is 5.56 Å². The lowest BCUT2D eigenvalue weighted by Crippen LogP contribution is -2.50. The number of piperazine rings is 1. The number of hydrogen-bond acceptors (Lipinski definition) is 3. The molecule has 2 amide bonds. The third-order valence-electron chi connectivity index (χ3n) is 3.08. The van der Waals surface area contributed by atoms with Crippen LogP contribution in [0, 0.1) is 0 Å². The quantitative estimate of drug-likeness (QED) is 0.738. The Kier molecular flexibility index (Phi) is 4.35. The highest BCUT2D eigenvalue weighted by atomic mass is 16.4. The monoisotopic (exact) mass is 263 g/mol. The minimum atomic E-state index is -1.20. The summed E-state index contributed by atoms with van der Waals surface area (Å²) in [6, 6.07) is 8.07. The van der Waals surface area contributed by atoms with E-state index in [1.165, 1.54) is 0 Å². The zero-order valence-corrected chi connectivity index (χ0v) is 10.5. The molecule has 1 fully saturated rings. The summed E-state index contributed by atoms with van der Waals surface area (Å²) in [6.45, 7) is 2.67. The maximum absolute atomic E-state index is 12.4. The van der Waals surface area contributed by atoms with Crippen molar-refractivity contribution in [3.8, 4) is 0 Å². The van der Waals surface area contributed by atoms with Gasteiger partial charge in [0.2, 0.25) is 5.91 Å². The van der Waals surface area contributed by atoms with Crippen LogP contribution >= 0.6 is 0 Å². The Hall–Kier alpha value is -2.08. The number of carboxylic acid groups (broad SMARTS) is 1. The number of amides is 2. The summed E-state index contributed by atoms with van der Waals surface area (Å²) < 4.78 is 0. The van der Waals surface area contributed by atoms with Crippen LogP contribution in [0.4, 0.5) is 4.79 Å². The predicted octanol–water partition coefficient (Wildman–Crippen LogP) is 0.427. The average Bonchev–Trinajstić information content (AvgIpc) is 2.46. The number of nitrogens with zero attached hydrogens (tertiary/aromatic N) is 1. The van der Waals surface area contributed by atoms with Gasteiger partial charge in [0.15, 0.2) is 0 Å². The van der Waals surface area contributed by atoms with Gasteiger partial charge in [0.05, 0.1) is 0 Å². The SMILES string of the molecule is O=C(O)NC(C(=O)N1CCNCC1)c1ccccc1. The maximum atomic E-state index is 12.4. The van der Waals surface area contributed by atoms with Crippen LogP contribution in [0.3, 0.4) is 0 Å². The fraction of sp³-hybridized carbons (Fsp3) is 0.385. The average molecular weight is 263 g/mol. The van der Waals surface area contributed by atoms with E-state index in [-0.39, 0.29) is 5.91 Å². The molecule has 19 heavy (non-hydrogen) atoms. The molecule has 1 aliphatic rings. The highest BCUT2D eigenvalue weighted by Crippen LogP contribution is 2.16. The Labute approximate surface area is 111 Å². The minimum Gasteiger partial charge on any atom is -0.465 e. The van der Waals surface area contributed by atoms with Gasteiger partial charge in [-0.1, -0.05) is 30.3 Å². The molecule has 1 aliphatic heterocycles. The van der Waals surface area contributed by atoms with Crippen LogP contribution in [-0.2, 0) is 4.79 Å². The zero-order chi connectivity index (χ0) is 13.7. The lowest BCUT2D eigenvalue weighted by atomic mass is 10.1. The number of hydrogen-bond donors (Lipinski definition) is 3. The molecule has 0 aliphatic carbocycles. The number of carbonyl (C=O) groups excluding carboxylic acids is 1. The van der Waals surface area contributed by atoms with Gasteiger partial charge in [-0.2, -0.15) is 0 Å². The highest BCUT2D eigenvalue weighted by molar-refractivity contribution is 5.86. The summed E-state index contributed by atoms with van der Waals surface area (Å²) in [4.78, 5) is 25.0. The molecule has 0 radical (unpaired) electrons. The van der Waals surface area contributed by atoms with Gasteiger partial charge in [0.1, 0.15) is 6.04 Å². The second-order valence-corrected chi connectivity index (χ2v) is 4.37. The van der Waals surface area contributed by atoms with Crippen molar-refractivity contribution in [3.63, 3.8) is 0 Å². The fourth-order valence-electron chi connectivity index (χ4n) is 2.12. The Balaban J connectivity index is 2.17. The number of nitrogens with one attached hydrogen (secondary N) is 2. The molecule has 1 aromatic carbocycles. The van der Waals surface area contributed by atoms with E-state index in [0.29, 0.717) is 18.7 Å².